The molecule has 104 valence electrons. The molecular formula is C13H20N4OS. The van der Waals surface area contributed by atoms with Gasteiger partial charge in [-0.3, -0.25) is 0 Å². The van der Waals surface area contributed by atoms with Crippen LogP contribution in [-0.4, -0.2) is 28.2 Å². The number of aromatic nitrogens is 2. The molecule has 0 aromatic carbocycles. The van der Waals surface area contributed by atoms with Gasteiger partial charge >= 0.3 is 0 Å². The van der Waals surface area contributed by atoms with Crippen LogP contribution in [0.15, 0.2) is 6.07 Å². The molecule has 2 rings (SSSR count). The standard InChI is InChI=1S/C13H20N4OS/c1-8(7-18)4-3-5-15-11-10-6-9(2)19-12(10)17-13(14)16-11/h6,8,18H,3-5,7H2,1-2H3,(H3,14,15,16,17). The predicted octanol–water partition coefficient (Wildman–Crippen LogP) is 2.40. The summed E-state index contributed by atoms with van der Waals surface area (Å²) in [4.78, 5) is 10.6. The van der Waals surface area contributed by atoms with E-state index in [1.165, 1.54) is 4.88 Å². The van der Waals surface area contributed by atoms with E-state index in [0.29, 0.717) is 11.9 Å². The van der Waals surface area contributed by atoms with Crippen molar-refractivity contribution < 1.29 is 5.11 Å². The first kappa shape index (κ1) is 14.0. The van der Waals surface area contributed by atoms with Crippen LogP contribution < -0.4 is 11.1 Å². The van der Waals surface area contributed by atoms with Crippen molar-refractivity contribution in [1.29, 1.82) is 0 Å². The number of nitrogens with two attached hydrogens (primary N) is 1. The molecule has 0 radical (unpaired) electrons. The zero-order valence-electron chi connectivity index (χ0n) is 11.3. The number of hydrogen-bond acceptors (Lipinski definition) is 6. The minimum absolute atomic E-state index is 0.244. The molecule has 0 fully saturated rings. The Balaban J connectivity index is 2.03. The van der Waals surface area contributed by atoms with Gasteiger partial charge in [-0.1, -0.05) is 6.92 Å². The Morgan fingerprint density at radius 2 is 2.26 bits per heavy atom. The number of aryl methyl sites for hydroxylation is 1. The van der Waals surface area contributed by atoms with Gasteiger partial charge in [-0.15, -0.1) is 11.3 Å². The number of nitrogen functional groups attached to an aromatic ring is 1. The molecule has 0 aliphatic carbocycles. The summed E-state index contributed by atoms with van der Waals surface area (Å²) < 4.78 is 0. The molecule has 1 atom stereocenters. The van der Waals surface area contributed by atoms with Gasteiger partial charge in [0.2, 0.25) is 5.95 Å². The number of aliphatic hydroxyl groups is 1. The zero-order valence-corrected chi connectivity index (χ0v) is 12.1. The maximum Gasteiger partial charge on any atom is 0.223 e. The highest BCUT2D eigenvalue weighted by molar-refractivity contribution is 7.18. The number of aliphatic hydroxyl groups excluding tert-OH is 1. The van der Waals surface area contributed by atoms with Gasteiger partial charge in [-0.25, -0.2) is 4.98 Å². The number of hydrogen-bond donors (Lipinski definition) is 3. The van der Waals surface area contributed by atoms with Crippen LogP contribution in [0.3, 0.4) is 0 Å². The average molecular weight is 280 g/mol. The molecule has 0 aliphatic heterocycles. The molecule has 0 aliphatic rings. The first-order valence-electron chi connectivity index (χ1n) is 6.48. The van der Waals surface area contributed by atoms with Gasteiger partial charge in [0, 0.05) is 18.0 Å². The minimum atomic E-state index is 0.244. The fourth-order valence-electron chi connectivity index (χ4n) is 1.94. The smallest absolute Gasteiger partial charge is 0.223 e. The molecule has 2 heterocycles. The maximum absolute atomic E-state index is 8.98. The van der Waals surface area contributed by atoms with E-state index in [1.54, 1.807) is 11.3 Å². The minimum Gasteiger partial charge on any atom is -0.396 e. The monoisotopic (exact) mass is 280 g/mol. The van der Waals surface area contributed by atoms with Crippen molar-refractivity contribution in [2.75, 3.05) is 24.2 Å². The first-order valence-corrected chi connectivity index (χ1v) is 7.30. The van der Waals surface area contributed by atoms with Crippen molar-refractivity contribution in [2.45, 2.75) is 26.7 Å². The highest BCUT2D eigenvalue weighted by atomic mass is 32.1. The van der Waals surface area contributed by atoms with E-state index in [2.05, 4.69) is 28.3 Å². The van der Waals surface area contributed by atoms with Crippen molar-refractivity contribution in [3.8, 4) is 0 Å². The van der Waals surface area contributed by atoms with Crippen LogP contribution >= 0.6 is 11.3 Å². The molecule has 5 nitrogen and oxygen atoms in total. The van der Waals surface area contributed by atoms with Crippen LogP contribution in [0.25, 0.3) is 10.2 Å². The maximum atomic E-state index is 8.98. The van der Waals surface area contributed by atoms with Crippen molar-refractivity contribution in [3.05, 3.63) is 10.9 Å². The molecule has 0 spiro atoms. The van der Waals surface area contributed by atoms with Crippen molar-refractivity contribution in [1.82, 2.24) is 9.97 Å². The molecule has 2 aromatic rings. The molecule has 1 unspecified atom stereocenters. The lowest BCUT2D eigenvalue weighted by molar-refractivity contribution is 0.229. The molecule has 6 heteroatoms. The molecule has 0 bridgehead atoms. The Morgan fingerprint density at radius 3 is 3.00 bits per heavy atom. The lowest BCUT2D eigenvalue weighted by Crippen LogP contribution is -2.08. The van der Waals surface area contributed by atoms with E-state index in [0.717, 1.165) is 35.4 Å². The number of rotatable bonds is 6. The van der Waals surface area contributed by atoms with Crippen molar-refractivity contribution >= 4 is 33.3 Å². The second kappa shape index (κ2) is 6.16. The Kier molecular flexibility index (Phi) is 4.55. The molecule has 0 saturated carbocycles. The first-order chi connectivity index (χ1) is 9.10. The van der Waals surface area contributed by atoms with Gasteiger partial charge < -0.3 is 16.2 Å². The molecular weight excluding hydrogens is 260 g/mol. The fourth-order valence-corrected chi connectivity index (χ4v) is 2.83. The number of fused-ring (bicyclic) bond motifs is 1. The van der Waals surface area contributed by atoms with Gasteiger partial charge in [-0.2, -0.15) is 4.98 Å². The summed E-state index contributed by atoms with van der Waals surface area (Å²) in [6.45, 7) is 5.16. The van der Waals surface area contributed by atoms with E-state index in [1.807, 2.05) is 6.92 Å². The third-order valence-corrected chi connectivity index (χ3v) is 3.96. The fraction of sp³-hybridized carbons (Fsp3) is 0.538. The molecule has 2 aromatic heterocycles. The van der Waals surface area contributed by atoms with Crippen LogP contribution in [0.2, 0.25) is 0 Å². The van der Waals surface area contributed by atoms with E-state index in [4.69, 9.17) is 10.8 Å². The third kappa shape index (κ3) is 3.54. The van der Waals surface area contributed by atoms with Crippen LogP contribution in [0, 0.1) is 12.8 Å². The lowest BCUT2D eigenvalue weighted by Gasteiger charge is -2.09. The topological polar surface area (TPSA) is 84.1 Å². The SMILES string of the molecule is Cc1cc2c(NCCCC(C)CO)nc(N)nc2s1. The Labute approximate surface area is 116 Å². The zero-order chi connectivity index (χ0) is 13.8. The summed E-state index contributed by atoms with van der Waals surface area (Å²) in [5.74, 6) is 1.46. The van der Waals surface area contributed by atoms with Crippen molar-refractivity contribution in [2.24, 2.45) is 5.92 Å². The van der Waals surface area contributed by atoms with Gasteiger partial charge in [0.1, 0.15) is 10.6 Å². The highest BCUT2D eigenvalue weighted by Crippen LogP contribution is 2.28. The Bertz CT molecular complexity index is 555. The molecule has 0 amide bonds. The Morgan fingerprint density at radius 1 is 1.47 bits per heavy atom. The van der Waals surface area contributed by atoms with Gasteiger partial charge in [0.25, 0.3) is 0 Å². The van der Waals surface area contributed by atoms with Crippen LogP contribution in [-0.2, 0) is 0 Å². The molecule has 4 N–H and O–H groups in total. The van der Waals surface area contributed by atoms with Crippen LogP contribution in [0.1, 0.15) is 24.6 Å². The van der Waals surface area contributed by atoms with Gasteiger partial charge in [-0.05, 0) is 31.7 Å². The molecule has 0 saturated heterocycles. The van der Waals surface area contributed by atoms with Crippen LogP contribution in [0.5, 0.6) is 0 Å². The summed E-state index contributed by atoms with van der Waals surface area (Å²) in [5, 5.41) is 13.3. The van der Waals surface area contributed by atoms with Gasteiger partial charge in [0.15, 0.2) is 0 Å². The average Bonchev–Trinajstić information content (AvgIpc) is 2.74. The second-order valence-electron chi connectivity index (χ2n) is 4.86. The summed E-state index contributed by atoms with van der Waals surface area (Å²) in [7, 11) is 0. The highest BCUT2D eigenvalue weighted by Gasteiger charge is 2.09. The van der Waals surface area contributed by atoms with E-state index >= 15 is 0 Å². The van der Waals surface area contributed by atoms with Crippen molar-refractivity contribution in [3.63, 3.8) is 0 Å². The largest absolute Gasteiger partial charge is 0.396 e. The van der Waals surface area contributed by atoms with Gasteiger partial charge in [0.05, 0.1) is 5.39 Å². The third-order valence-electron chi connectivity index (χ3n) is 3.01. The Hall–Kier alpha value is -1.40. The summed E-state index contributed by atoms with van der Waals surface area (Å²) in [5.41, 5.74) is 5.72. The quantitative estimate of drug-likeness (QED) is 0.708. The second-order valence-corrected chi connectivity index (χ2v) is 6.10. The number of nitrogens with zero attached hydrogens (tertiary/aromatic N) is 2. The van der Waals surface area contributed by atoms with E-state index in [9.17, 15) is 0 Å². The predicted molar refractivity (Wildman–Crippen MR) is 80.5 cm³/mol. The number of thiophene rings is 1. The van der Waals surface area contributed by atoms with E-state index < -0.39 is 0 Å². The summed E-state index contributed by atoms with van der Waals surface area (Å²) >= 11 is 1.62. The normalized spacial score (nSPS) is 12.8. The van der Waals surface area contributed by atoms with Crippen LogP contribution in [0.4, 0.5) is 11.8 Å². The molecule has 19 heavy (non-hydrogen) atoms. The number of nitrogens with one attached hydrogen (secondary N) is 1. The summed E-state index contributed by atoms with van der Waals surface area (Å²) in [6.07, 6.45) is 1.99. The lowest BCUT2D eigenvalue weighted by atomic mass is 10.1. The van der Waals surface area contributed by atoms with E-state index in [-0.39, 0.29) is 6.61 Å². The number of anilines is 2. The summed E-state index contributed by atoms with van der Waals surface area (Å²) in [6, 6.07) is 2.08.